The van der Waals surface area contributed by atoms with E-state index in [0.29, 0.717) is 22.4 Å². The smallest absolute Gasteiger partial charge is 0.266 e. The Morgan fingerprint density at radius 3 is 2.77 bits per heavy atom. The first-order chi connectivity index (χ1) is 15.0. The number of ether oxygens (including phenoxy) is 1. The van der Waals surface area contributed by atoms with Gasteiger partial charge in [0.1, 0.15) is 5.75 Å². The molecule has 0 aliphatic carbocycles. The lowest BCUT2D eigenvalue weighted by atomic mass is 10.2. The summed E-state index contributed by atoms with van der Waals surface area (Å²) in [6, 6.07) is 11.5. The molecule has 1 amide bonds. The molecular formula is C23H23ClN4O2S. The largest absolute Gasteiger partial charge is 0.483 e. The maximum absolute atomic E-state index is 13.2. The Morgan fingerprint density at radius 2 is 2.03 bits per heavy atom. The molecule has 4 aromatic rings. The van der Waals surface area contributed by atoms with Crippen LogP contribution in [-0.2, 0) is 11.3 Å². The molecule has 4 rings (SSSR count). The van der Waals surface area contributed by atoms with Gasteiger partial charge in [-0.3, -0.25) is 9.69 Å². The first-order valence-electron chi connectivity index (χ1n) is 10.0. The summed E-state index contributed by atoms with van der Waals surface area (Å²) >= 11 is 7.82. The van der Waals surface area contributed by atoms with Gasteiger partial charge in [0.15, 0.2) is 11.7 Å². The van der Waals surface area contributed by atoms with E-state index in [2.05, 4.69) is 4.98 Å². The van der Waals surface area contributed by atoms with Crippen LogP contribution in [0.15, 0.2) is 55.1 Å². The number of hydrogen-bond acceptors (Lipinski definition) is 5. The molecule has 0 spiro atoms. The zero-order chi connectivity index (χ0) is 21.8. The molecule has 0 aliphatic rings. The van der Waals surface area contributed by atoms with Crippen molar-refractivity contribution in [2.75, 3.05) is 18.1 Å². The zero-order valence-electron chi connectivity index (χ0n) is 17.4. The normalized spacial score (nSPS) is 11.1. The van der Waals surface area contributed by atoms with Crippen molar-refractivity contribution in [3.05, 3.63) is 71.3 Å². The number of aryl methyl sites for hydroxylation is 3. The van der Waals surface area contributed by atoms with Crippen molar-refractivity contribution in [1.82, 2.24) is 14.5 Å². The fourth-order valence-electron chi connectivity index (χ4n) is 3.30. The molecule has 0 saturated heterocycles. The van der Waals surface area contributed by atoms with Crippen molar-refractivity contribution in [2.24, 2.45) is 0 Å². The first kappa shape index (κ1) is 21.3. The van der Waals surface area contributed by atoms with Crippen LogP contribution in [0.5, 0.6) is 5.75 Å². The van der Waals surface area contributed by atoms with Crippen LogP contribution in [0, 0.1) is 13.8 Å². The van der Waals surface area contributed by atoms with Crippen LogP contribution >= 0.6 is 22.9 Å². The van der Waals surface area contributed by atoms with Crippen molar-refractivity contribution in [3.8, 4) is 5.75 Å². The summed E-state index contributed by atoms with van der Waals surface area (Å²) < 4.78 is 8.70. The molecule has 8 heteroatoms. The number of anilines is 1. The predicted octanol–water partition coefficient (Wildman–Crippen LogP) is 5.27. The Bertz CT molecular complexity index is 1150. The topological polar surface area (TPSA) is 60.2 Å². The summed E-state index contributed by atoms with van der Waals surface area (Å²) in [5.74, 6) is 0.569. The SMILES string of the molecule is Cc1ccccc1OCC(=O)N(CCCn1ccnc1)c1nc2c(C)ccc(Cl)c2s1. The Morgan fingerprint density at radius 1 is 1.19 bits per heavy atom. The average molecular weight is 455 g/mol. The van der Waals surface area contributed by atoms with Crippen molar-refractivity contribution < 1.29 is 9.53 Å². The number of thiazole rings is 1. The lowest BCUT2D eigenvalue weighted by molar-refractivity contribution is -0.120. The van der Waals surface area contributed by atoms with Gasteiger partial charge in [-0.05, 0) is 43.5 Å². The van der Waals surface area contributed by atoms with Crippen molar-refractivity contribution in [3.63, 3.8) is 0 Å². The highest BCUT2D eigenvalue weighted by molar-refractivity contribution is 7.23. The van der Waals surface area contributed by atoms with E-state index in [1.54, 1.807) is 17.4 Å². The zero-order valence-corrected chi connectivity index (χ0v) is 19.0. The van der Waals surface area contributed by atoms with Crippen LogP contribution < -0.4 is 9.64 Å². The standard InChI is InChI=1S/C23H23ClN4O2S/c1-16-6-3-4-7-19(16)30-14-20(29)28(12-5-11-27-13-10-25-15-27)23-26-21-17(2)8-9-18(24)22(21)31-23/h3-4,6-10,13,15H,5,11-12,14H2,1-2H3. The molecular weight excluding hydrogens is 432 g/mol. The third-order valence-electron chi connectivity index (χ3n) is 5.02. The highest BCUT2D eigenvalue weighted by Crippen LogP contribution is 2.35. The van der Waals surface area contributed by atoms with E-state index in [1.807, 2.05) is 61.0 Å². The lowest BCUT2D eigenvalue weighted by Crippen LogP contribution is -2.36. The number of halogens is 1. The summed E-state index contributed by atoms with van der Waals surface area (Å²) in [5, 5.41) is 1.28. The van der Waals surface area contributed by atoms with E-state index < -0.39 is 0 Å². The maximum atomic E-state index is 13.2. The number of fused-ring (bicyclic) bond motifs is 1. The minimum Gasteiger partial charge on any atom is -0.483 e. The number of carbonyl (C=O) groups is 1. The molecule has 0 atom stereocenters. The number of carbonyl (C=O) groups excluding carboxylic acids is 1. The van der Waals surface area contributed by atoms with Gasteiger partial charge in [-0.25, -0.2) is 9.97 Å². The van der Waals surface area contributed by atoms with E-state index in [4.69, 9.17) is 21.3 Å². The second-order valence-corrected chi connectivity index (χ2v) is 8.68. The Kier molecular flexibility index (Phi) is 6.53. The fourth-order valence-corrected chi connectivity index (χ4v) is 4.66. The lowest BCUT2D eigenvalue weighted by Gasteiger charge is -2.20. The van der Waals surface area contributed by atoms with Crippen LogP contribution in [0.1, 0.15) is 17.5 Å². The molecule has 0 bridgehead atoms. The number of aromatic nitrogens is 3. The van der Waals surface area contributed by atoms with Crippen LogP contribution in [0.2, 0.25) is 5.02 Å². The predicted molar refractivity (Wildman–Crippen MR) is 125 cm³/mol. The number of hydrogen-bond donors (Lipinski definition) is 0. The number of benzene rings is 2. The van der Waals surface area contributed by atoms with Gasteiger partial charge in [0.2, 0.25) is 0 Å². The quantitative estimate of drug-likeness (QED) is 0.364. The molecule has 0 N–H and O–H groups in total. The second kappa shape index (κ2) is 9.49. The summed E-state index contributed by atoms with van der Waals surface area (Å²) in [6.45, 7) is 5.17. The second-order valence-electron chi connectivity index (χ2n) is 7.29. The highest BCUT2D eigenvalue weighted by Gasteiger charge is 2.21. The summed E-state index contributed by atoms with van der Waals surface area (Å²) in [4.78, 5) is 23.7. The molecule has 0 radical (unpaired) electrons. The van der Waals surface area contributed by atoms with Crippen molar-refractivity contribution in [1.29, 1.82) is 0 Å². The molecule has 6 nitrogen and oxygen atoms in total. The number of amides is 1. The molecule has 31 heavy (non-hydrogen) atoms. The fraction of sp³-hybridized carbons (Fsp3) is 0.261. The Labute approximate surface area is 190 Å². The van der Waals surface area contributed by atoms with Crippen LogP contribution in [0.3, 0.4) is 0 Å². The highest BCUT2D eigenvalue weighted by atomic mass is 35.5. The van der Waals surface area contributed by atoms with Crippen molar-refractivity contribution in [2.45, 2.75) is 26.8 Å². The molecule has 2 heterocycles. The van der Waals surface area contributed by atoms with Gasteiger partial charge >= 0.3 is 0 Å². The van der Waals surface area contributed by atoms with Gasteiger partial charge in [0.25, 0.3) is 5.91 Å². The third-order valence-corrected chi connectivity index (χ3v) is 6.56. The van der Waals surface area contributed by atoms with Crippen LogP contribution in [0.25, 0.3) is 10.2 Å². The van der Waals surface area contributed by atoms with Crippen LogP contribution in [0.4, 0.5) is 5.13 Å². The summed E-state index contributed by atoms with van der Waals surface area (Å²) in [7, 11) is 0. The maximum Gasteiger partial charge on any atom is 0.266 e. The van der Waals surface area contributed by atoms with Crippen LogP contribution in [-0.4, -0.2) is 33.6 Å². The number of para-hydroxylation sites is 1. The minimum atomic E-state index is -0.137. The number of rotatable bonds is 8. The van der Waals surface area contributed by atoms with Gasteiger partial charge in [0, 0.05) is 25.5 Å². The molecule has 0 fully saturated rings. The number of imidazole rings is 1. The van der Waals surface area contributed by atoms with Gasteiger partial charge in [0.05, 0.1) is 21.6 Å². The first-order valence-corrected chi connectivity index (χ1v) is 11.2. The molecule has 160 valence electrons. The Hall–Kier alpha value is -2.90. The molecule has 2 aromatic heterocycles. The molecule has 0 unspecified atom stereocenters. The summed E-state index contributed by atoms with van der Waals surface area (Å²) in [5.41, 5.74) is 2.85. The van der Waals surface area contributed by atoms with Gasteiger partial charge in [-0.2, -0.15) is 0 Å². The van der Waals surface area contributed by atoms with E-state index in [1.165, 1.54) is 11.3 Å². The molecule has 2 aromatic carbocycles. The molecule has 0 aliphatic heterocycles. The average Bonchev–Trinajstić information content (AvgIpc) is 3.44. The monoisotopic (exact) mass is 454 g/mol. The van der Waals surface area contributed by atoms with E-state index in [-0.39, 0.29) is 12.5 Å². The van der Waals surface area contributed by atoms with Gasteiger partial charge < -0.3 is 9.30 Å². The summed E-state index contributed by atoms with van der Waals surface area (Å²) in [6.07, 6.45) is 6.19. The van der Waals surface area contributed by atoms with Gasteiger partial charge in [-0.1, -0.05) is 47.2 Å². The Balaban J connectivity index is 1.56. The third kappa shape index (κ3) is 4.89. The van der Waals surface area contributed by atoms with Gasteiger partial charge in [-0.15, -0.1) is 0 Å². The van der Waals surface area contributed by atoms with E-state index in [0.717, 1.165) is 34.3 Å². The van der Waals surface area contributed by atoms with E-state index >= 15 is 0 Å². The molecule has 0 saturated carbocycles. The van der Waals surface area contributed by atoms with Crippen molar-refractivity contribution >= 4 is 44.2 Å². The number of nitrogens with zero attached hydrogens (tertiary/aromatic N) is 4. The van der Waals surface area contributed by atoms with E-state index in [9.17, 15) is 4.79 Å². The minimum absolute atomic E-state index is 0.0570.